The normalized spacial score (nSPS) is 22.2. The smallest absolute Gasteiger partial charge is 0.410 e. The molecule has 3 rings (SSSR count). The zero-order chi connectivity index (χ0) is 18.1. The summed E-state index contributed by atoms with van der Waals surface area (Å²) >= 11 is 0. The Bertz CT molecular complexity index is 696. The van der Waals surface area contributed by atoms with Crippen molar-refractivity contribution in [3.63, 3.8) is 0 Å². The van der Waals surface area contributed by atoms with Gasteiger partial charge in [-0.15, -0.1) is 10.2 Å². The molecular formula is C18H25N5O2. The number of carbonyl (C=O) groups excluding carboxylic acids is 1. The van der Waals surface area contributed by atoms with Gasteiger partial charge < -0.3 is 9.64 Å². The number of aryl methyl sites for hydroxylation is 1. The lowest BCUT2D eigenvalue weighted by atomic mass is 9.84. The molecule has 1 aromatic rings. The summed E-state index contributed by atoms with van der Waals surface area (Å²) in [6.45, 7) is 8.25. The Kier molecular flexibility index (Phi) is 4.58. The molecule has 0 aliphatic carbocycles. The number of hydrogen-bond acceptors (Lipinski definition) is 6. The van der Waals surface area contributed by atoms with Gasteiger partial charge in [0, 0.05) is 12.1 Å². The number of rotatable bonds is 2. The van der Waals surface area contributed by atoms with Gasteiger partial charge >= 0.3 is 6.09 Å². The molecule has 1 aromatic carbocycles. The van der Waals surface area contributed by atoms with Crippen LogP contribution in [0.25, 0.3) is 0 Å². The van der Waals surface area contributed by atoms with E-state index in [1.54, 1.807) is 4.90 Å². The minimum absolute atomic E-state index is 0.257. The lowest BCUT2D eigenvalue weighted by molar-refractivity contribution is -0.00219. The molecule has 7 heteroatoms. The molecule has 0 radical (unpaired) electrons. The van der Waals surface area contributed by atoms with Crippen LogP contribution in [0.2, 0.25) is 0 Å². The van der Waals surface area contributed by atoms with Crippen LogP contribution < -0.4 is 0 Å². The highest BCUT2D eigenvalue weighted by atomic mass is 16.6. The average molecular weight is 343 g/mol. The molecule has 0 aromatic heterocycles. The van der Waals surface area contributed by atoms with Crippen LogP contribution in [0.3, 0.4) is 0 Å². The Morgan fingerprint density at radius 1 is 1.20 bits per heavy atom. The molecule has 0 saturated carbocycles. The van der Waals surface area contributed by atoms with E-state index in [4.69, 9.17) is 4.74 Å². The molecule has 0 N–H and O–H groups in total. The summed E-state index contributed by atoms with van der Waals surface area (Å²) in [4.78, 5) is 14.6. The second-order valence-electron chi connectivity index (χ2n) is 7.61. The van der Waals surface area contributed by atoms with Crippen molar-refractivity contribution >= 4 is 6.09 Å². The number of carbonyl (C=O) groups is 1. The first-order valence-electron chi connectivity index (χ1n) is 8.73. The van der Waals surface area contributed by atoms with Crippen LogP contribution in [0.4, 0.5) is 4.79 Å². The molecule has 1 unspecified atom stereocenters. The van der Waals surface area contributed by atoms with Gasteiger partial charge in [-0.25, -0.2) is 4.79 Å². The summed E-state index contributed by atoms with van der Waals surface area (Å²) in [7, 11) is 0. The monoisotopic (exact) mass is 343 g/mol. The van der Waals surface area contributed by atoms with Crippen molar-refractivity contribution in [3.8, 4) is 0 Å². The lowest BCUT2D eigenvalue weighted by Gasteiger charge is -2.42. The fraction of sp³-hybridized carbons (Fsp3) is 0.611. The second kappa shape index (κ2) is 6.54. The van der Waals surface area contributed by atoms with Gasteiger partial charge in [0.05, 0.1) is 6.04 Å². The molecule has 1 atom stereocenters. The van der Waals surface area contributed by atoms with Gasteiger partial charge in [-0.05, 0) is 63.0 Å². The molecule has 7 nitrogen and oxygen atoms in total. The van der Waals surface area contributed by atoms with E-state index in [2.05, 4.69) is 20.7 Å². The topological polar surface area (TPSA) is 79.0 Å². The summed E-state index contributed by atoms with van der Waals surface area (Å²) in [5.74, 6) is 0. The largest absolute Gasteiger partial charge is 0.444 e. The van der Waals surface area contributed by atoms with Crippen LogP contribution in [0, 0.1) is 6.92 Å². The first kappa shape index (κ1) is 17.5. The van der Waals surface area contributed by atoms with E-state index >= 15 is 0 Å². The zero-order valence-electron chi connectivity index (χ0n) is 15.3. The summed E-state index contributed by atoms with van der Waals surface area (Å²) in [6, 6.07) is 7.67. The van der Waals surface area contributed by atoms with Crippen molar-refractivity contribution in [2.24, 2.45) is 20.7 Å². The number of likely N-dealkylation sites (tertiary alicyclic amines) is 1. The van der Waals surface area contributed by atoms with Gasteiger partial charge in [-0.1, -0.05) is 24.3 Å². The molecular weight excluding hydrogens is 318 g/mol. The maximum absolute atomic E-state index is 12.8. The number of amides is 1. The van der Waals surface area contributed by atoms with Crippen LogP contribution in [0.15, 0.2) is 44.9 Å². The van der Waals surface area contributed by atoms with E-state index in [9.17, 15) is 4.79 Å². The maximum Gasteiger partial charge on any atom is 0.410 e. The van der Waals surface area contributed by atoms with Crippen molar-refractivity contribution in [2.45, 2.75) is 64.3 Å². The lowest BCUT2D eigenvalue weighted by Crippen LogP contribution is -2.54. The third-order valence-electron chi connectivity index (χ3n) is 4.57. The first-order valence-corrected chi connectivity index (χ1v) is 8.73. The van der Waals surface area contributed by atoms with E-state index in [0.29, 0.717) is 6.54 Å². The zero-order valence-corrected chi connectivity index (χ0v) is 15.3. The Hall–Kier alpha value is -2.31. The molecule has 2 aliphatic rings. The van der Waals surface area contributed by atoms with Gasteiger partial charge in [0.2, 0.25) is 5.66 Å². The number of nitrogens with zero attached hydrogens (tertiary/aromatic N) is 5. The van der Waals surface area contributed by atoms with Crippen molar-refractivity contribution in [3.05, 3.63) is 35.4 Å². The Labute approximate surface area is 148 Å². The fourth-order valence-corrected chi connectivity index (χ4v) is 3.49. The molecule has 0 bridgehead atoms. The van der Waals surface area contributed by atoms with Crippen molar-refractivity contribution in [1.29, 1.82) is 0 Å². The van der Waals surface area contributed by atoms with E-state index < -0.39 is 11.3 Å². The summed E-state index contributed by atoms with van der Waals surface area (Å²) in [5.41, 5.74) is 0.452. The predicted octanol–water partition coefficient (Wildman–Crippen LogP) is 4.77. The predicted molar refractivity (Wildman–Crippen MR) is 93.1 cm³/mol. The molecule has 0 spiro atoms. The van der Waals surface area contributed by atoms with Crippen LogP contribution in [0.5, 0.6) is 0 Å². The molecule has 2 aliphatic heterocycles. The quantitative estimate of drug-likeness (QED) is 0.775. The Balaban J connectivity index is 2.00. The molecule has 25 heavy (non-hydrogen) atoms. The van der Waals surface area contributed by atoms with Gasteiger partial charge in [0.1, 0.15) is 5.60 Å². The molecule has 1 fully saturated rings. The van der Waals surface area contributed by atoms with Gasteiger partial charge in [-0.3, -0.25) is 0 Å². The number of piperidine rings is 1. The van der Waals surface area contributed by atoms with Gasteiger partial charge in [0.15, 0.2) is 0 Å². The number of hydrogen-bond donors (Lipinski definition) is 0. The SMILES string of the molecule is Cc1ccccc1C1(C2CCCCN2C(=O)OC(C)(C)C)N=NN=N1. The number of ether oxygens (including phenoxy) is 1. The van der Waals surface area contributed by atoms with Crippen LogP contribution >= 0.6 is 0 Å². The summed E-state index contributed by atoms with van der Waals surface area (Å²) in [5, 5.41) is 16.4. The van der Waals surface area contributed by atoms with Crippen molar-refractivity contribution in [1.82, 2.24) is 4.90 Å². The van der Waals surface area contributed by atoms with E-state index in [0.717, 1.165) is 30.4 Å². The summed E-state index contributed by atoms with van der Waals surface area (Å²) < 4.78 is 5.62. The molecule has 1 saturated heterocycles. The first-order chi connectivity index (χ1) is 11.8. The third-order valence-corrected chi connectivity index (χ3v) is 4.57. The molecule has 1 amide bonds. The van der Waals surface area contributed by atoms with Gasteiger partial charge in [-0.2, -0.15) is 0 Å². The van der Waals surface area contributed by atoms with Crippen LogP contribution in [0.1, 0.15) is 51.2 Å². The highest BCUT2D eigenvalue weighted by Crippen LogP contribution is 2.43. The van der Waals surface area contributed by atoms with Gasteiger partial charge in [0.25, 0.3) is 0 Å². The number of benzene rings is 1. The standard InChI is InChI=1S/C18H25N5O2/c1-13-9-5-6-10-14(13)18(19-21-22-20-18)15-11-7-8-12-23(15)16(24)25-17(2,3)4/h5-6,9-10,15H,7-8,11-12H2,1-4H3. The highest BCUT2D eigenvalue weighted by molar-refractivity contribution is 5.69. The summed E-state index contributed by atoms with van der Waals surface area (Å²) in [6.07, 6.45) is 2.39. The third kappa shape index (κ3) is 3.41. The molecule has 134 valence electrons. The van der Waals surface area contributed by atoms with E-state index in [1.165, 1.54) is 0 Å². The van der Waals surface area contributed by atoms with Crippen LogP contribution in [-0.4, -0.2) is 29.2 Å². The fourth-order valence-electron chi connectivity index (χ4n) is 3.49. The van der Waals surface area contributed by atoms with E-state index in [-0.39, 0.29) is 12.1 Å². The molecule has 2 heterocycles. The Morgan fingerprint density at radius 2 is 1.88 bits per heavy atom. The van der Waals surface area contributed by atoms with E-state index in [1.807, 2.05) is 52.0 Å². The highest BCUT2D eigenvalue weighted by Gasteiger charge is 2.50. The minimum atomic E-state index is -0.983. The minimum Gasteiger partial charge on any atom is -0.444 e. The van der Waals surface area contributed by atoms with Crippen LogP contribution in [-0.2, 0) is 10.4 Å². The average Bonchev–Trinajstić information content (AvgIpc) is 3.04. The van der Waals surface area contributed by atoms with Crippen molar-refractivity contribution < 1.29 is 9.53 Å². The Morgan fingerprint density at radius 3 is 2.52 bits per heavy atom. The van der Waals surface area contributed by atoms with Crippen molar-refractivity contribution in [2.75, 3.05) is 6.54 Å². The second-order valence-corrected chi connectivity index (χ2v) is 7.61. The maximum atomic E-state index is 12.8.